The van der Waals surface area contributed by atoms with E-state index >= 15 is 0 Å². The van der Waals surface area contributed by atoms with Crippen LogP contribution in [0.15, 0.2) is 0 Å². The summed E-state index contributed by atoms with van der Waals surface area (Å²) in [6.07, 6.45) is 8.81. The van der Waals surface area contributed by atoms with Crippen molar-refractivity contribution in [1.82, 2.24) is 10.6 Å². The number of halogens is 2. The standard InChI is InChI=1S/C30H46Cl2N2O6/c1-15-3-7-19(29(37)38)21(11-15)27(35)33-25-9-5-17(13-23(25)31)18-6-10-26(24(32)14-18)34-28(36)22-12-16(2)4-8-20(22)30(39)40/h15-26H,3-14H2,1-2H3,(H,33,35)(H,34,36)(H,37,38)(H,39,40). The van der Waals surface area contributed by atoms with Gasteiger partial charge in [-0.05, 0) is 101 Å². The van der Waals surface area contributed by atoms with Gasteiger partial charge in [-0.25, -0.2) is 0 Å². The number of carbonyl (C=O) groups excluding carboxylic acids is 2. The Balaban J connectivity index is 1.26. The number of rotatable bonds is 7. The summed E-state index contributed by atoms with van der Waals surface area (Å²) in [5.74, 6) is -2.99. The number of aliphatic carboxylic acids is 2. The monoisotopic (exact) mass is 600 g/mol. The van der Waals surface area contributed by atoms with Crippen molar-refractivity contribution in [2.45, 2.75) is 114 Å². The number of hydrogen-bond donors (Lipinski definition) is 4. The molecule has 0 radical (unpaired) electrons. The Morgan fingerprint density at radius 2 is 0.925 bits per heavy atom. The maximum Gasteiger partial charge on any atom is 0.307 e. The molecule has 8 nitrogen and oxygen atoms in total. The molecule has 4 N–H and O–H groups in total. The minimum absolute atomic E-state index is 0.167. The topological polar surface area (TPSA) is 133 Å². The first-order valence-electron chi connectivity index (χ1n) is 15.3. The van der Waals surface area contributed by atoms with Gasteiger partial charge >= 0.3 is 11.9 Å². The van der Waals surface area contributed by atoms with Crippen molar-refractivity contribution in [1.29, 1.82) is 0 Å². The molecule has 12 atom stereocenters. The van der Waals surface area contributed by atoms with Crippen LogP contribution in [0, 0.1) is 47.3 Å². The highest BCUT2D eigenvalue weighted by molar-refractivity contribution is 6.21. The lowest BCUT2D eigenvalue weighted by Gasteiger charge is -2.42. The van der Waals surface area contributed by atoms with Crippen LogP contribution >= 0.6 is 23.2 Å². The molecule has 4 rings (SSSR count). The van der Waals surface area contributed by atoms with Gasteiger partial charge in [-0.1, -0.05) is 13.8 Å². The van der Waals surface area contributed by atoms with E-state index in [1.165, 1.54) is 0 Å². The van der Waals surface area contributed by atoms with Gasteiger partial charge < -0.3 is 20.8 Å². The molecule has 2 amide bonds. The average Bonchev–Trinajstić information content (AvgIpc) is 2.90. The van der Waals surface area contributed by atoms with Crippen LogP contribution < -0.4 is 10.6 Å². The Bertz CT molecular complexity index is 875. The van der Waals surface area contributed by atoms with Crippen molar-refractivity contribution in [3.63, 3.8) is 0 Å². The smallest absolute Gasteiger partial charge is 0.307 e. The van der Waals surface area contributed by atoms with E-state index in [1.54, 1.807) is 0 Å². The highest BCUT2D eigenvalue weighted by Gasteiger charge is 2.43. The van der Waals surface area contributed by atoms with Crippen LogP contribution in [0.1, 0.15) is 90.9 Å². The van der Waals surface area contributed by atoms with Gasteiger partial charge in [0.05, 0.1) is 34.4 Å². The fourth-order valence-electron chi connectivity index (χ4n) is 7.99. The maximum absolute atomic E-state index is 13.1. The minimum atomic E-state index is -0.893. The number of carboxylic acids is 2. The van der Waals surface area contributed by atoms with Crippen LogP contribution in [0.3, 0.4) is 0 Å². The fraction of sp³-hybridized carbons (Fsp3) is 0.867. The number of carbonyl (C=O) groups is 4. The molecule has 0 spiro atoms. The molecule has 0 aromatic heterocycles. The predicted octanol–water partition coefficient (Wildman–Crippen LogP) is 5.05. The van der Waals surface area contributed by atoms with Crippen LogP contribution in [-0.4, -0.2) is 56.8 Å². The molecule has 0 aromatic carbocycles. The summed E-state index contributed by atoms with van der Waals surface area (Å²) < 4.78 is 0. The summed E-state index contributed by atoms with van der Waals surface area (Å²) in [5, 5.41) is 25.0. The number of nitrogens with one attached hydrogen (secondary N) is 2. The average molecular weight is 602 g/mol. The molecule has 4 fully saturated rings. The summed E-state index contributed by atoms with van der Waals surface area (Å²) in [6.45, 7) is 4.14. The van der Waals surface area contributed by atoms with E-state index in [4.69, 9.17) is 23.2 Å². The Kier molecular flexibility index (Phi) is 10.7. The van der Waals surface area contributed by atoms with Crippen molar-refractivity contribution < 1.29 is 29.4 Å². The van der Waals surface area contributed by atoms with Gasteiger partial charge in [0.2, 0.25) is 11.8 Å². The number of amides is 2. The van der Waals surface area contributed by atoms with E-state index in [9.17, 15) is 29.4 Å². The Morgan fingerprint density at radius 3 is 1.25 bits per heavy atom. The highest BCUT2D eigenvalue weighted by atomic mass is 35.5. The van der Waals surface area contributed by atoms with E-state index in [-0.39, 0.29) is 34.7 Å². The lowest BCUT2D eigenvalue weighted by molar-refractivity contribution is -0.150. The lowest BCUT2D eigenvalue weighted by Crippen LogP contribution is -2.51. The molecule has 0 aliphatic heterocycles. The molecule has 4 saturated carbocycles. The molecule has 0 heterocycles. The first-order chi connectivity index (χ1) is 18.9. The van der Waals surface area contributed by atoms with Crippen molar-refractivity contribution in [3.8, 4) is 0 Å². The zero-order chi connectivity index (χ0) is 29.1. The van der Waals surface area contributed by atoms with Crippen molar-refractivity contribution in [2.75, 3.05) is 0 Å². The van der Waals surface area contributed by atoms with Crippen molar-refractivity contribution in [3.05, 3.63) is 0 Å². The molecular formula is C30H46Cl2N2O6. The molecule has 4 aliphatic rings. The second kappa shape index (κ2) is 13.6. The minimum Gasteiger partial charge on any atom is -0.481 e. The molecule has 226 valence electrons. The second-order valence-corrected chi connectivity index (χ2v) is 14.5. The van der Waals surface area contributed by atoms with Gasteiger partial charge in [-0.15, -0.1) is 23.2 Å². The molecule has 4 aliphatic carbocycles. The van der Waals surface area contributed by atoms with E-state index in [0.29, 0.717) is 49.4 Å². The first-order valence-corrected chi connectivity index (χ1v) is 16.2. The third-order valence-electron chi connectivity index (χ3n) is 10.5. The second-order valence-electron chi connectivity index (χ2n) is 13.3. The predicted molar refractivity (Wildman–Crippen MR) is 153 cm³/mol. The summed E-state index contributed by atoms with van der Waals surface area (Å²) in [6, 6.07) is -0.334. The molecule has 0 bridgehead atoms. The van der Waals surface area contributed by atoms with Crippen LogP contribution in [-0.2, 0) is 19.2 Å². The molecule has 0 saturated heterocycles. The first kappa shape index (κ1) is 31.4. The van der Waals surface area contributed by atoms with E-state index in [1.807, 2.05) is 0 Å². The third-order valence-corrected chi connectivity index (χ3v) is 11.4. The van der Waals surface area contributed by atoms with Crippen molar-refractivity contribution >= 4 is 47.0 Å². The molecule has 12 unspecified atom stereocenters. The van der Waals surface area contributed by atoms with Crippen molar-refractivity contribution in [2.24, 2.45) is 47.3 Å². The number of carboxylic acid groups (broad SMARTS) is 2. The molecule has 0 aromatic rings. The summed E-state index contributed by atoms with van der Waals surface area (Å²) in [4.78, 5) is 49.7. The summed E-state index contributed by atoms with van der Waals surface area (Å²) >= 11 is 13.6. The third kappa shape index (κ3) is 7.45. The summed E-state index contributed by atoms with van der Waals surface area (Å²) in [5.41, 5.74) is 0. The van der Waals surface area contributed by atoms with Crippen LogP contribution in [0.2, 0.25) is 0 Å². The van der Waals surface area contributed by atoms with E-state index < -0.39 is 35.6 Å². The number of alkyl halides is 2. The lowest BCUT2D eigenvalue weighted by atomic mass is 9.70. The molecular weight excluding hydrogens is 555 g/mol. The normalized spacial score (nSPS) is 42.4. The van der Waals surface area contributed by atoms with Crippen LogP contribution in [0.25, 0.3) is 0 Å². The van der Waals surface area contributed by atoms with Crippen LogP contribution in [0.5, 0.6) is 0 Å². The zero-order valence-corrected chi connectivity index (χ0v) is 25.2. The maximum atomic E-state index is 13.1. The van der Waals surface area contributed by atoms with Gasteiger partial charge in [0.1, 0.15) is 0 Å². The van der Waals surface area contributed by atoms with Gasteiger partial charge in [0, 0.05) is 12.1 Å². The zero-order valence-electron chi connectivity index (χ0n) is 23.7. The SMILES string of the molecule is CC1CCC(C(=O)O)C(C(=O)NC2CCC(C3CCC(NC(=O)C4CC(C)CCC4C(=O)O)C(Cl)C3)CC2Cl)C1. The molecule has 40 heavy (non-hydrogen) atoms. The quantitative estimate of drug-likeness (QED) is 0.302. The Labute approximate surface area is 247 Å². The number of hydrogen-bond acceptors (Lipinski definition) is 4. The van der Waals surface area contributed by atoms with Gasteiger partial charge in [0.15, 0.2) is 0 Å². The van der Waals surface area contributed by atoms with E-state index in [0.717, 1.165) is 51.4 Å². The van der Waals surface area contributed by atoms with Gasteiger partial charge in [0.25, 0.3) is 0 Å². The summed E-state index contributed by atoms with van der Waals surface area (Å²) in [7, 11) is 0. The largest absolute Gasteiger partial charge is 0.481 e. The van der Waals surface area contributed by atoms with E-state index in [2.05, 4.69) is 24.5 Å². The molecule has 10 heteroatoms. The Hall–Kier alpha value is -1.54. The highest BCUT2D eigenvalue weighted by Crippen LogP contribution is 2.42. The Morgan fingerprint density at radius 1 is 0.550 bits per heavy atom. The van der Waals surface area contributed by atoms with Gasteiger partial charge in [-0.2, -0.15) is 0 Å². The fourth-order valence-corrected chi connectivity index (χ4v) is 8.82. The van der Waals surface area contributed by atoms with Gasteiger partial charge in [-0.3, -0.25) is 19.2 Å². The van der Waals surface area contributed by atoms with Crippen LogP contribution in [0.4, 0.5) is 0 Å².